The van der Waals surface area contributed by atoms with E-state index in [0.717, 1.165) is 30.2 Å². The summed E-state index contributed by atoms with van der Waals surface area (Å²) < 4.78 is 32.8. The molecule has 1 unspecified atom stereocenters. The Morgan fingerprint density at radius 3 is 2.65 bits per heavy atom. The molecule has 0 spiro atoms. The fourth-order valence-corrected chi connectivity index (χ4v) is 3.30. The van der Waals surface area contributed by atoms with Crippen LogP contribution in [0.1, 0.15) is 30.0 Å². The van der Waals surface area contributed by atoms with Crippen molar-refractivity contribution < 1.29 is 13.5 Å². The van der Waals surface area contributed by atoms with E-state index < -0.39 is 17.0 Å². The van der Waals surface area contributed by atoms with E-state index in [0.29, 0.717) is 5.56 Å². The number of fused-ring (bicyclic) bond motifs is 1. The zero-order valence-electron chi connectivity index (χ0n) is 11.5. The van der Waals surface area contributed by atoms with Crippen LogP contribution in [0.3, 0.4) is 0 Å². The average Bonchev–Trinajstić information content (AvgIpc) is 2.77. The number of rotatable bonds is 2. The third kappa shape index (κ3) is 1.80. The molecule has 20 heavy (non-hydrogen) atoms. The molecule has 1 aliphatic rings. The van der Waals surface area contributed by atoms with Crippen molar-refractivity contribution in [1.82, 2.24) is 0 Å². The SMILES string of the molecule is COc1cccc2c1C(C)(c1ccc(F)cc1F)CC2. The monoisotopic (exact) mass is 274 g/mol. The van der Waals surface area contributed by atoms with Crippen LogP contribution in [0.25, 0.3) is 0 Å². The predicted octanol–water partition coefficient (Wildman–Crippen LogP) is 4.23. The normalized spacial score (nSPS) is 20.8. The molecule has 3 heteroatoms. The van der Waals surface area contributed by atoms with E-state index in [1.54, 1.807) is 13.2 Å². The van der Waals surface area contributed by atoms with Crippen LogP contribution in [-0.4, -0.2) is 7.11 Å². The molecule has 1 aliphatic carbocycles. The standard InChI is InChI=1S/C17H16F2O/c1-17(13-7-6-12(18)10-14(13)19)9-8-11-4-3-5-15(20-2)16(11)17/h3-7,10H,8-9H2,1-2H3. The second-order valence-electron chi connectivity index (χ2n) is 5.45. The fraction of sp³-hybridized carbons (Fsp3) is 0.294. The van der Waals surface area contributed by atoms with Gasteiger partial charge in [-0.3, -0.25) is 0 Å². The fourth-order valence-electron chi connectivity index (χ4n) is 3.30. The second-order valence-corrected chi connectivity index (χ2v) is 5.45. The topological polar surface area (TPSA) is 9.23 Å². The number of ether oxygens (including phenoxy) is 1. The summed E-state index contributed by atoms with van der Waals surface area (Å²) in [7, 11) is 1.62. The van der Waals surface area contributed by atoms with Crippen LogP contribution in [0.4, 0.5) is 8.78 Å². The molecule has 3 rings (SSSR count). The first-order valence-corrected chi connectivity index (χ1v) is 6.68. The first-order valence-electron chi connectivity index (χ1n) is 6.68. The Hall–Kier alpha value is -1.90. The number of methoxy groups -OCH3 is 1. The number of halogens is 2. The summed E-state index contributed by atoms with van der Waals surface area (Å²) in [5, 5.41) is 0. The molecule has 0 N–H and O–H groups in total. The Morgan fingerprint density at radius 1 is 1.15 bits per heavy atom. The van der Waals surface area contributed by atoms with Crippen LogP contribution < -0.4 is 4.74 Å². The predicted molar refractivity (Wildman–Crippen MR) is 74.1 cm³/mol. The van der Waals surface area contributed by atoms with Crippen LogP contribution in [0.2, 0.25) is 0 Å². The van der Waals surface area contributed by atoms with Gasteiger partial charge in [-0.15, -0.1) is 0 Å². The van der Waals surface area contributed by atoms with Crippen LogP contribution in [0.15, 0.2) is 36.4 Å². The number of aryl methyl sites for hydroxylation is 1. The lowest BCUT2D eigenvalue weighted by molar-refractivity contribution is 0.397. The minimum atomic E-state index is -0.548. The van der Waals surface area contributed by atoms with Gasteiger partial charge in [0.2, 0.25) is 0 Å². The lowest BCUT2D eigenvalue weighted by Crippen LogP contribution is -2.22. The Morgan fingerprint density at radius 2 is 1.95 bits per heavy atom. The molecule has 1 atom stereocenters. The van der Waals surface area contributed by atoms with Gasteiger partial charge in [-0.2, -0.15) is 0 Å². The van der Waals surface area contributed by atoms with Crippen LogP contribution >= 0.6 is 0 Å². The maximum Gasteiger partial charge on any atom is 0.130 e. The molecule has 2 aromatic rings. The maximum atomic E-state index is 14.2. The zero-order chi connectivity index (χ0) is 14.3. The number of hydrogen-bond donors (Lipinski definition) is 0. The van der Waals surface area contributed by atoms with Gasteiger partial charge in [0.15, 0.2) is 0 Å². The highest BCUT2D eigenvalue weighted by molar-refractivity contribution is 5.54. The summed E-state index contributed by atoms with van der Waals surface area (Å²) >= 11 is 0. The van der Waals surface area contributed by atoms with E-state index in [9.17, 15) is 8.78 Å². The van der Waals surface area contributed by atoms with Crippen molar-refractivity contribution in [1.29, 1.82) is 0 Å². The van der Waals surface area contributed by atoms with Gasteiger partial charge in [-0.25, -0.2) is 8.78 Å². The minimum absolute atomic E-state index is 0.473. The molecule has 104 valence electrons. The molecule has 0 aromatic heterocycles. The van der Waals surface area contributed by atoms with Crippen molar-refractivity contribution in [2.24, 2.45) is 0 Å². The van der Waals surface area contributed by atoms with Crippen molar-refractivity contribution in [3.05, 3.63) is 64.7 Å². The Bertz CT molecular complexity index is 666. The summed E-state index contributed by atoms with van der Waals surface area (Å²) in [4.78, 5) is 0. The largest absolute Gasteiger partial charge is 0.496 e. The van der Waals surface area contributed by atoms with E-state index in [1.807, 2.05) is 25.1 Å². The van der Waals surface area contributed by atoms with Crippen molar-refractivity contribution >= 4 is 0 Å². The zero-order valence-corrected chi connectivity index (χ0v) is 11.5. The lowest BCUT2D eigenvalue weighted by Gasteiger charge is -2.28. The van der Waals surface area contributed by atoms with Crippen LogP contribution in [0.5, 0.6) is 5.75 Å². The van der Waals surface area contributed by atoms with Gasteiger partial charge < -0.3 is 4.74 Å². The Kier molecular flexibility index (Phi) is 3.00. The molecule has 0 saturated heterocycles. The summed E-state index contributed by atoms with van der Waals surface area (Å²) in [6, 6.07) is 9.70. The van der Waals surface area contributed by atoms with Gasteiger partial charge in [0.1, 0.15) is 17.4 Å². The minimum Gasteiger partial charge on any atom is -0.496 e. The highest BCUT2D eigenvalue weighted by Crippen LogP contribution is 2.48. The van der Waals surface area contributed by atoms with Gasteiger partial charge in [-0.05, 0) is 36.1 Å². The van der Waals surface area contributed by atoms with Gasteiger partial charge >= 0.3 is 0 Å². The molecule has 0 heterocycles. The summed E-state index contributed by atoms with van der Waals surface area (Å²) in [5.74, 6) is -0.273. The van der Waals surface area contributed by atoms with E-state index in [4.69, 9.17) is 4.74 Å². The summed E-state index contributed by atoms with van der Waals surface area (Å²) in [6.07, 6.45) is 1.67. The van der Waals surface area contributed by atoms with Gasteiger partial charge in [0.05, 0.1) is 7.11 Å². The number of hydrogen-bond acceptors (Lipinski definition) is 1. The van der Waals surface area contributed by atoms with Crippen molar-refractivity contribution in [3.8, 4) is 5.75 Å². The molecule has 1 nitrogen and oxygen atoms in total. The third-order valence-corrected chi connectivity index (χ3v) is 4.30. The first-order chi connectivity index (χ1) is 9.56. The van der Waals surface area contributed by atoms with Crippen molar-refractivity contribution in [3.63, 3.8) is 0 Å². The summed E-state index contributed by atoms with van der Waals surface area (Å²) in [6.45, 7) is 2.00. The van der Waals surface area contributed by atoms with Crippen LogP contribution in [0, 0.1) is 11.6 Å². The summed E-state index contributed by atoms with van der Waals surface area (Å²) in [5.41, 5.74) is 2.26. The molecule has 0 bridgehead atoms. The van der Waals surface area contributed by atoms with E-state index in [1.165, 1.54) is 11.6 Å². The Balaban J connectivity index is 2.21. The maximum absolute atomic E-state index is 14.2. The highest BCUT2D eigenvalue weighted by Gasteiger charge is 2.40. The quantitative estimate of drug-likeness (QED) is 0.796. The van der Waals surface area contributed by atoms with Gasteiger partial charge in [-0.1, -0.05) is 25.1 Å². The third-order valence-electron chi connectivity index (χ3n) is 4.30. The molecule has 0 aliphatic heterocycles. The first kappa shape index (κ1) is 13.1. The average molecular weight is 274 g/mol. The molecule has 2 aromatic carbocycles. The molecular weight excluding hydrogens is 258 g/mol. The van der Waals surface area contributed by atoms with Gasteiger partial charge in [0, 0.05) is 17.0 Å². The van der Waals surface area contributed by atoms with Crippen molar-refractivity contribution in [2.75, 3.05) is 7.11 Å². The smallest absolute Gasteiger partial charge is 0.130 e. The van der Waals surface area contributed by atoms with Gasteiger partial charge in [0.25, 0.3) is 0 Å². The van der Waals surface area contributed by atoms with E-state index >= 15 is 0 Å². The highest BCUT2D eigenvalue weighted by atomic mass is 19.1. The number of benzene rings is 2. The van der Waals surface area contributed by atoms with E-state index in [-0.39, 0.29) is 0 Å². The Labute approximate surface area is 117 Å². The van der Waals surface area contributed by atoms with Crippen LogP contribution in [-0.2, 0) is 11.8 Å². The molecule has 0 fully saturated rings. The molecule has 0 radical (unpaired) electrons. The molecule has 0 amide bonds. The molecule has 0 saturated carbocycles. The van der Waals surface area contributed by atoms with Crippen molar-refractivity contribution in [2.45, 2.75) is 25.2 Å². The van der Waals surface area contributed by atoms with E-state index in [2.05, 4.69) is 0 Å². The lowest BCUT2D eigenvalue weighted by atomic mass is 9.76. The second kappa shape index (κ2) is 4.58. The molecular formula is C17H16F2O.